The molecule has 0 radical (unpaired) electrons. The molecule has 0 aliphatic heterocycles. The van der Waals surface area contributed by atoms with Crippen LogP contribution in [0, 0.1) is 24.7 Å². The summed E-state index contributed by atoms with van der Waals surface area (Å²) >= 11 is 0. The summed E-state index contributed by atoms with van der Waals surface area (Å²) < 4.78 is 5.10. The minimum absolute atomic E-state index is 0.0323. The molecule has 0 fully saturated rings. The second-order valence-electron chi connectivity index (χ2n) is 12.2. The minimum atomic E-state index is -0.515. The van der Waals surface area contributed by atoms with Crippen LogP contribution in [0.3, 0.4) is 0 Å². The van der Waals surface area contributed by atoms with Crippen LogP contribution < -0.4 is 5.32 Å². The van der Waals surface area contributed by atoms with Gasteiger partial charge in [-0.3, -0.25) is 4.79 Å². The molecule has 0 spiro atoms. The number of amides is 2. The molecule has 6 nitrogen and oxygen atoms in total. The molecule has 2 unspecified atom stereocenters. The van der Waals surface area contributed by atoms with Gasteiger partial charge in [-0.1, -0.05) is 116 Å². The van der Waals surface area contributed by atoms with Crippen LogP contribution in [0.1, 0.15) is 63.4 Å². The lowest BCUT2D eigenvalue weighted by Crippen LogP contribution is -2.41. The van der Waals surface area contributed by atoms with Crippen molar-refractivity contribution in [2.24, 2.45) is 5.92 Å². The van der Waals surface area contributed by atoms with E-state index in [1.165, 1.54) is 5.57 Å². The molecule has 51 heavy (non-hydrogen) atoms. The largest absolute Gasteiger partial charge is 0.445 e. The third kappa shape index (κ3) is 17.9. The zero-order chi connectivity index (χ0) is 37.1. The van der Waals surface area contributed by atoms with Gasteiger partial charge in [0.2, 0.25) is 0 Å². The van der Waals surface area contributed by atoms with Gasteiger partial charge in [0.05, 0.1) is 6.54 Å². The number of hydrogen-bond acceptors (Lipinski definition) is 4. The maximum absolute atomic E-state index is 13.7. The van der Waals surface area contributed by atoms with Gasteiger partial charge in [0.25, 0.3) is 5.91 Å². The molecule has 2 atom stereocenters. The summed E-state index contributed by atoms with van der Waals surface area (Å²) in [4.78, 5) is 30.0. The maximum Gasteiger partial charge on any atom is 0.408 e. The van der Waals surface area contributed by atoms with Gasteiger partial charge in [0.1, 0.15) is 6.61 Å². The van der Waals surface area contributed by atoms with E-state index < -0.39 is 6.09 Å². The number of allylic oxidation sites excluding steroid dienone is 15. The highest BCUT2D eigenvalue weighted by atomic mass is 16.5. The van der Waals surface area contributed by atoms with E-state index in [-0.39, 0.29) is 25.1 Å². The SMILES string of the molecule is C\C=C/C=C\C=C\COC(=O)NCC#CC(/C=C\C=C\CN(C(=O)c1ccc(C)cc1)C(C)CCN(CC)CCC(C)C1=CC=C=CC=C1)=C/C. The first-order valence-electron chi connectivity index (χ1n) is 18.0. The highest BCUT2D eigenvalue weighted by molar-refractivity contribution is 5.94. The van der Waals surface area contributed by atoms with Crippen molar-refractivity contribution in [1.82, 2.24) is 15.1 Å². The maximum atomic E-state index is 13.7. The van der Waals surface area contributed by atoms with E-state index in [9.17, 15) is 9.59 Å². The Morgan fingerprint density at radius 3 is 2.45 bits per heavy atom. The number of alkyl carbamates (subject to hydrolysis) is 1. The van der Waals surface area contributed by atoms with Crippen LogP contribution in [0.4, 0.5) is 4.79 Å². The molecule has 1 aliphatic rings. The second-order valence-corrected chi connectivity index (χ2v) is 12.2. The number of benzene rings is 1. The highest BCUT2D eigenvalue weighted by Gasteiger charge is 2.21. The summed E-state index contributed by atoms with van der Waals surface area (Å²) in [6.07, 6.45) is 32.7. The molecule has 0 heterocycles. The van der Waals surface area contributed by atoms with Crippen molar-refractivity contribution in [2.75, 3.05) is 39.3 Å². The van der Waals surface area contributed by atoms with Gasteiger partial charge >= 0.3 is 6.09 Å². The van der Waals surface area contributed by atoms with Crippen LogP contribution in [-0.4, -0.2) is 67.2 Å². The lowest BCUT2D eigenvalue weighted by atomic mass is 9.96. The van der Waals surface area contributed by atoms with Gasteiger partial charge in [-0.2, -0.15) is 0 Å². The van der Waals surface area contributed by atoms with Gasteiger partial charge in [-0.25, -0.2) is 4.79 Å². The molecule has 2 amide bonds. The van der Waals surface area contributed by atoms with Crippen molar-refractivity contribution in [3.05, 3.63) is 149 Å². The summed E-state index contributed by atoms with van der Waals surface area (Å²) in [5, 5.41) is 2.64. The zero-order valence-corrected chi connectivity index (χ0v) is 31.5. The van der Waals surface area contributed by atoms with E-state index in [2.05, 4.69) is 66.8 Å². The lowest BCUT2D eigenvalue weighted by molar-refractivity contribution is 0.0697. The highest BCUT2D eigenvalue weighted by Crippen LogP contribution is 2.19. The molecule has 0 saturated heterocycles. The molecule has 0 saturated carbocycles. The van der Waals surface area contributed by atoms with Crippen LogP contribution in [0.5, 0.6) is 0 Å². The van der Waals surface area contributed by atoms with Crippen LogP contribution in [0.2, 0.25) is 0 Å². The number of ether oxygens (including phenoxy) is 1. The van der Waals surface area contributed by atoms with E-state index in [1.807, 2.05) is 123 Å². The quantitative estimate of drug-likeness (QED) is 0.0895. The summed E-state index contributed by atoms with van der Waals surface area (Å²) in [6, 6.07) is 7.85. The summed E-state index contributed by atoms with van der Waals surface area (Å²) in [6.45, 7) is 16.3. The average Bonchev–Trinajstić information content (AvgIpc) is 3.43. The molecule has 6 heteroatoms. The van der Waals surface area contributed by atoms with Crippen LogP contribution >= 0.6 is 0 Å². The van der Waals surface area contributed by atoms with Gasteiger partial charge in [-0.15, -0.1) is 5.73 Å². The second kappa shape index (κ2) is 25.8. The standard InChI is InChI=1S/C45H57N3O3/c1-7-10-11-12-15-21-37-51-45(50)46-33-22-24-41(8-2)23-17-16-20-34-48(44(49)43-29-27-38(4)28-30-43)40(6)32-36-47(9-3)35-31-39(5)42-25-18-13-14-19-26-42/h7-8,10-13,15-21,23,25-30,39-40H,9,31-37H2,1-6H3,(H,46,50)/b10-7-,12-11-,20-16+,21-15+,23-17-,41-8+. The number of nitrogens with one attached hydrogen (secondary N) is 1. The van der Waals surface area contributed by atoms with Crippen molar-refractivity contribution in [3.63, 3.8) is 0 Å². The van der Waals surface area contributed by atoms with E-state index >= 15 is 0 Å². The Hall–Kier alpha value is -5.08. The smallest absolute Gasteiger partial charge is 0.408 e. The number of carbonyl (C=O) groups is 2. The Morgan fingerprint density at radius 2 is 1.71 bits per heavy atom. The molecule has 0 bridgehead atoms. The fraction of sp³-hybridized carbons (Fsp3) is 0.356. The molecule has 270 valence electrons. The molecule has 1 aromatic carbocycles. The Labute approximate surface area is 307 Å². The molecular weight excluding hydrogens is 631 g/mol. The predicted molar refractivity (Wildman–Crippen MR) is 214 cm³/mol. The number of aryl methyl sites for hydroxylation is 1. The van der Waals surface area contributed by atoms with E-state index in [1.54, 1.807) is 6.08 Å². The van der Waals surface area contributed by atoms with Crippen LogP contribution in [0.25, 0.3) is 0 Å². The van der Waals surface area contributed by atoms with Crippen molar-refractivity contribution < 1.29 is 14.3 Å². The Bertz CT molecular complexity index is 1600. The Balaban J connectivity index is 1.94. The molecule has 1 N–H and O–H groups in total. The number of carbonyl (C=O) groups excluding carboxylic acids is 2. The summed E-state index contributed by atoms with van der Waals surface area (Å²) in [7, 11) is 0. The number of hydrogen-bond donors (Lipinski definition) is 1. The van der Waals surface area contributed by atoms with E-state index in [0.29, 0.717) is 18.0 Å². The van der Waals surface area contributed by atoms with Gasteiger partial charge in [-0.05, 0) is 102 Å². The number of rotatable bonds is 19. The molecule has 1 aromatic rings. The first-order valence-corrected chi connectivity index (χ1v) is 18.0. The van der Waals surface area contributed by atoms with Crippen LogP contribution in [0.15, 0.2) is 138 Å². The summed E-state index contributed by atoms with van der Waals surface area (Å²) in [5.41, 5.74) is 7.11. The molecule has 1 aliphatic carbocycles. The Morgan fingerprint density at radius 1 is 0.961 bits per heavy atom. The van der Waals surface area contributed by atoms with E-state index in [4.69, 9.17) is 4.74 Å². The molecule has 0 aromatic heterocycles. The first-order chi connectivity index (χ1) is 24.8. The van der Waals surface area contributed by atoms with Crippen molar-refractivity contribution in [3.8, 4) is 11.8 Å². The normalized spacial score (nSPS) is 14.4. The topological polar surface area (TPSA) is 61.9 Å². The molecular formula is C45H57N3O3. The first kappa shape index (κ1) is 42.1. The fourth-order valence-corrected chi connectivity index (χ4v) is 5.05. The molecule has 2 rings (SSSR count). The van der Waals surface area contributed by atoms with Gasteiger partial charge in [0.15, 0.2) is 0 Å². The minimum Gasteiger partial charge on any atom is -0.445 e. The van der Waals surface area contributed by atoms with Crippen LogP contribution in [-0.2, 0) is 4.74 Å². The predicted octanol–water partition coefficient (Wildman–Crippen LogP) is 9.25. The average molecular weight is 688 g/mol. The van der Waals surface area contributed by atoms with Crippen molar-refractivity contribution >= 4 is 12.0 Å². The van der Waals surface area contributed by atoms with Gasteiger partial charge < -0.3 is 19.9 Å². The van der Waals surface area contributed by atoms with Gasteiger partial charge in [0, 0.05) is 30.3 Å². The summed E-state index contributed by atoms with van der Waals surface area (Å²) in [5.74, 6) is 6.51. The monoisotopic (exact) mass is 687 g/mol. The third-order valence-corrected chi connectivity index (χ3v) is 8.36. The lowest BCUT2D eigenvalue weighted by Gasteiger charge is -2.31. The number of nitrogens with zero attached hydrogens (tertiary/aromatic N) is 2. The Kier molecular flexibility index (Phi) is 21.3. The fourth-order valence-electron chi connectivity index (χ4n) is 5.05. The van der Waals surface area contributed by atoms with E-state index in [0.717, 1.165) is 43.6 Å². The zero-order valence-electron chi connectivity index (χ0n) is 31.5. The van der Waals surface area contributed by atoms with Crippen molar-refractivity contribution in [2.45, 2.75) is 60.4 Å². The van der Waals surface area contributed by atoms with Crippen molar-refractivity contribution in [1.29, 1.82) is 0 Å². The third-order valence-electron chi connectivity index (χ3n) is 8.36.